The van der Waals surface area contributed by atoms with Crippen LogP contribution in [0, 0.1) is 5.41 Å². The monoisotopic (exact) mass is 248 g/mol. The third-order valence-electron chi connectivity index (χ3n) is 3.91. The van der Waals surface area contributed by atoms with Crippen LogP contribution in [0.3, 0.4) is 0 Å². The summed E-state index contributed by atoms with van der Waals surface area (Å²) in [6.07, 6.45) is 0.495. The number of rotatable bonds is 3. The molecule has 1 aromatic rings. The maximum atomic E-state index is 11.5. The van der Waals surface area contributed by atoms with Gasteiger partial charge in [0.05, 0.1) is 6.10 Å². The lowest BCUT2D eigenvalue weighted by Gasteiger charge is -2.49. The molecule has 4 heteroatoms. The molecule has 2 rings (SSSR count). The van der Waals surface area contributed by atoms with E-state index < -0.39 is 0 Å². The molecule has 18 heavy (non-hydrogen) atoms. The van der Waals surface area contributed by atoms with E-state index in [1.807, 2.05) is 32.0 Å². The fourth-order valence-electron chi connectivity index (χ4n) is 2.24. The van der Waals surface area contributed by atoms with Crippen LogP contribution in [-0.2, 0) is 0 Å². The van der Waals surface area contributed by atoms with Gasteiger partial charge in [-0.2, -0.15) is 0 Å². The largest absolute Gasteiger partial charge is 0.392 e. The number of amides is 1. The number of benzene rings is 1. The normalized spacial score (nSPS) is 25.1. The summed E-state index contributed by atoms with van der Waals surface area (Å²) in [5.41, 5.74) is 1.43. The number of anilines is 1. The first-order chi connectivity index (χ1) is 8.45. The molecule has 3 N–H and O–H groups in total. The number of carbonyl (C=O) groups excluding carboxylic acids is 1. The highest BCUT2D eigenvalue weighted by Crippen LogP contribution is 2.42. The van der Waals surface area contributed by atoms with Crippen LogP contribution in [-0.4, -0.2) is 30.2 Å². The molecular formula is C14H20N2O2. The van der Waals surface area contributed by atoms with E-state index in [0.29, 0.717) is 5.56 Å². The lowest BCUT2D eigenvalue weighted by atomic mass is 9.64. The Bertz CT molecular complexity index is 457. The molecule has 2 unspecified atom stereocenters. The highest BCUT2D eigenvalue weighted by molar-refractivity contribution is 5.94. The summed E-state index contributed by atoms with van der Waals surface area (Å²) in [5.74, 6) is -0.0912. The van der Waals surface area contributed by atoms with E-state index in [9.17, 15) is 9.90 Å². The zero-order valence-corrected chi connectivity index (χ0v) is 11.0. The van der Waals surface area contributed by atoms with Crippen LogP contribution in [0.2, 0.25) is 0 Å². The molecule has 0 radical (unpaired) electrons. The maximum Gasteiger partial charge on any atom is 0.251 e. The van der Waals surface area contributed by atoms with Crippen molar-refractivity contribution in [3.05, 3.63) is 29.8 Å². The van der Waals surface area contributed by atoms with Crippen LogP contribution in [0.25, 0.3) is 0 Å². The Labute approximate surface area is 107 Å². The van der Waals surface area contributed by atoms with Crippen LogP contribution < -0.4 is 10.6 Å². The number of hydrogen-bond acceptors (Lipinski definition) is 3. The lowest BCUT2D eigenvalue weighted by Crippen LogP contribution is -2.56. The van der Waals surface area contributed by atoms with Gasteiger partial charge in [-0.1, -0.05) is 19.9 Å². The summed E-state index contributed by atoms with van der Waals surface area (Å²) in [7, 11) is 1.62. The highest BCUT2D eigenvalue weighted by Gasteiger charge is 2.47. The number of aliphatic hydroxyl groups is 1. The predicted molar refractivity (Wildman–Crippen MR) is 71.6 cm³/mol. The SMILES string of the molecule is CNC(=O)c1cccc(NC2CC(O)C2(C)C)c1. The number of nitrogens with one attached hydrogen (secondary N) is 2. The van der Waals surface area contributed by atoms with E-state index in [1.54, 1.807) is 13.1 Å². The van der Waals surface area contributed by atoms with E-state index in [2.05, 4.69) is 10.6 Å². The van der Waals surface area contributed by atoms with Crippen molar-refractivity contribution in [2.75, 3.05) is 12.4 Å². The van der Waals surface area contributed by atoms with Crippen LogP contribution in [0.4, 0.5) is 5.69 Å². The van der Waals surface area contributed by atoms with Crippen LogP contribution in [0.15, 0.2) is 24.3 Å². The standard InChI is InChI=1S/C14H20N2O2/c1-14(2)11(8-12(14)17)16-10-6-4-5-9(7-10)13(18)15-3/h4-7,11-12,16-17H,8H2,1-3H3,(H,15,18). The van der Waals surface area contributed by atoms with E-state index in [-0.39, 0.29) is 23.5 Å². The molecule has 0 bridgehead atoms. The molecule has 1 saturated carbocycles. The van der Waals surface area contributed by atoms with Crippen LogP contribution in [0.5, 0.6) is 0 Å². The van der Waals surface area contributed by atoms with Gasteiger partial charge in [0.2, 0.25) is 0 Å². The van der Waals surface area contributed by atoms with Gasteiger partial charge in [0.25, 0.3) is 5.91 Å². The Morgan fingerprint density at radius 3 is 2.72 bits per heavy atom. The third-order valence-corrected chi connectivity index (χ3v) is 3.91. The Morgan fingerprint density at radius 2 is 2.17 bits per heavy atom. The minimum absolute atomic E-state index is 0.0912. The average molecular weight is 248 g/mol. The van der Waals surface area contributed by atoms with Crippen molar-refractivity contribution in [1.29, 1.82) is 0 Å². The fraction of sp³-hybridized carbons (Fsp3) is 0.500. The topological polar surface area (TPSA) is 61.4 Å². The Morgan fingerprint density at radius 1 is 1.44 bits per heavy atom. The summed E-state index contributed by atoms with van der Waals surface area (Å²) in [4.78, 5) is 11.5. The van der Waals surface area contributed by atoms with Crippen molar-refractivity contribution in [2.24, 2.45) is 5.41 Å². The number of carbonyl (C=O) groups is 1. The third kappa shape index (κ3) is 2.20. The second-order valence-corrected chi connectivity index (χ2v) is 5.43. The molecule has 0 aliphatic heterocycles. The molecule has 1 fully saturated rings. The van der Waals surface area contributed by atoms with Gasteiger partial charge >= 0.3 is 0 Å². The Kier molecular flexibility index (Phi) is 3.30. The first kappa shape index (κ1) is 12.9. The molecule has 0 heterocycles. The molecule has 0 aromatic heterocycles. The van der Waals surface area contributed by atoms with Crippen molar-refractivity contribution < 1.29 is 9.90 Å². The molecule has 1 aliphatic carbocycles. The van der Waals surface area contributed by atoms with Gasteiger partial charge in [0.1, 0.15) is 0 Å². The molecule has 1 aromatic carbocycles. The predicted octanol–water partition coefficient (Wildman–Crippen LogP) is 1.62. The number of aliphatic hydroxyl groups excluding tert-OH is 1. The zero-order chi connectivity index (χ0) is 13.3. The zero-order valence-electron chi connectivity index (χ0n) is 11.0. The second kappa shape index (κ2) is 4.61. The van der Waals surface area contributed by atoms with E-state index in [4.69, 9.17) is 0 Å². The first-order valence-corrected chi connectivity index (χ1v) is 6.22. The quantitative estimate of drug-likeness (QED) is 0.761. The summed E-state index contributed by atoms with van der Waals surface area (Å²) in [6, 6.07) is 7.65. The van der Waals surface area contributed by atoms with Crippen LogP contribution in [0.1, 0.15) is 30.6 Å². The molecule has 1 amide bonds. The van der Waals surface area contributed by atoms with Gasteiger partial charge in [-0.15, -0.1) is 0 Å². The molecular weight excluding hydrogens is 228 g/mol. The number of hydrogen-bond donors (Lipinski definition) is 3. The van der Waals surface area contributed by atoms with Crippen LogP contribution >= 0.6 is 0 Å². The van der Waals surface area contributed by atoms with E-state index in [1.165, 1.54) is 0 Å². The Hall–Kier alpha value is -1.55. The van der Waals surface area contributed by atoms with Crippen molar-refractivity contribution in [3.63, 3.8) is 0 Å². The minimum Gasteiger partial charge on any atom is -0.392 e. The maximum absolute atomic E-state index is 11.5. The van der Waals surface area contributed by atoms with Crippen molar-refractivity contribution in [1.82, 2.24) is 5.32 Å². The fourth-order valence-corrected chi connectivity index (χ4v) is 2.24. The first-order valence-electron chi connectivity index (χ1n) is 6.22. The smallest absolute Gasteiger partial charge is 0.251 e. The van der Waals surface area contributed by atoms with Gasteiger partial charge in [-0.25, -0.2) is 0 Å². The summed E-state index contributed by atoms with van der Waals surface area (Å²) in [6.45, 7) is 4.09. The molecule has 0 saturated heterocycles. The van der Waals surface area contributed by atoms with E-state index >= 15 is 0 Å². The lowest BCUT2D eigenvalue weighted by molar-refractivity contribution is -0.0510. The second-order valence-electron chi connectivity index (χ2n) is 5.43. The summed E-state index contributed by atoms with van der Waals surface area (Å²) < 4.78 is 0. The van der Waals surface area contributed by atoms with Gasteiger partial charge in [-0.3, -0.25) is 4.79 Å². The van der Waals surface area contributed by atoms with Crippen molar-refractivity contribution in [2.45, 2.75) is 32.4 Å². The van der Waals surface area contributed by atoms with Crippen molar-refractivity contribution >= 4 is 11.6 Å². The molecule has 2 atom stereocenters. The highest BCUT2D eigenvalue weighted by atomic mass is 16.3. The van der Waals surface area contributed by atoms with Gasteiger partial charge in [-0.05, 0) is 24.6 Å². The van der Waals surface area contributed by atoms with Gasteiger partial charge in [0, 0.05) is 29.8 Å². The minimum atomic E-state index is -0.253. The van der Waals surface area contributed by atoms with Gasteiger partial charge < -0.3 is 15.7 Å². The molecule has 98 valence electrons. The Balaban J connectivity index is 2.09. The molecule has 4 nitrogen and oxygen atoms in total. The van der Waals surface area contributed by atoms with Crippen molar-refractivity contribution in [3.8, 4) is 0 Å². The molecule has 0 spiro atoms. The van der Waals surface area contributed by atoms with Gasteiger partial charge in [0.15, 0.2) is 0 Å². The van der Waals surface area contributed by atoms with E-state index in [0.717, 1.165) is 12.1 Å². The molecule has 1 aliphatic rings. The summed E-state index contributed by atoms with van der Waals surface area (Å²) >= 11 is 0. The summed E-state index contributed by atoms with van der Waals surface area (Å²) in [5, 5.41) is 15.7. The average Bonchev–Trinajstić information content (AvgIpc) is 2.38.